The number of fused-ring (bicyclic) bond motifs is 2. The van der Waals surface area contributed by atoms with Crippen molar-refractivity contribution < 1.29 is 38.3 Å². The van der Waals surface area contributed by atoms with Gasteiger partial charge in [0.05, 0.1) is 26.2 Å². The van der Waals surface area contributed by atoms with Gasteiger partial charge in [0.2, 0.25) is 0 Å². The Morgan fingerprint density at radius 1 is 0.800 bits per heavy atom. The van der Waals surface area contributed by atoms with Crippen LogP contribution in [-0.2, 0) is 14.3 Å². The van der Waals surface area contributed by atoms with Crippen LogP contribution in [0.1, 0.15) is 6.42 Å². The molecule has 0 aromatic heterocycles. The second-order valence-electron chi connectivity index (χ2n) is 6.46. The van der Waals surface area contributed by atoms with Crippen LogP contribution in [0.15, 0.2) is 48.5 Å². The van der Waals surface area contributed by atoms with Crippen molar-refractivity contribution in [2.24, 2.45) is 0 Å². The van der Waals surface area contributed by atoms with Crippen molar-refractivity contribution in [1.29, 1.82) is 0 Å². The Morgan fingerprint density at radius 2 is 1.27 bits per heavy atom. The predicted molar refractivity (Wildman–Crippen MR) is 108 cm³/mol. The molecule has 0 spiro atoms. The standard InChI is InChI=1S/C22H26O8/c23-22(24)9-10-26-17-15-29-20-7-3-1-5-18(20)27-13-11-25-12-14-28-19-6-2-4-8-21(19)30-16-17/h1-8,17H,9-16H2,(H,23,24). The van der Waals surface area contributed by atoms with E-state index >= 15 is 0 Å². The maximum atomic E-state index is 10.8. The van der Waals surface area contributed by atoms with Gasteiger partial charge in [-0.2, -0.15) is 0 Å². The van der Waals surface area contributed by atoms with Crippen LogP contribution in [-0.4, -0.2) is 63.4 Å². The average Bonchev–Trinajstić information content (AvgIpc) is 2.75. The first-order valence-corrected chi connectivity index (χ1v) is 9.83. The van der Waals surface area contributed by atoms with Gasteiger partial charge in [0.1, 0.15) is 32.5 Å². The number of benzene rings is 2. The van der Waals surface area contributed by atoms with E-state index in [0.29, 0.717) is 49.4 Å². The summed E-state index contributed by atoms with van der Waals surface area (Å²) in [6.07, 6.45) is -0.586. The number of aliphatic carboxylic acids is 1. The Hall–Kier alpha value is -2.97. The minimum atomic E-state index is -0.926. The van der Waals surface area contributed by atoms with Crippen molar-refractivity contribution in [3.8, 4) is 23.0 Å². The number of para-hydroxylation sites is 4. The van der Waals surface area contributed by atoms with E-state index in [1.165, 1.54) is 0 Å². The Morgan fingerprint density at radius 3 is 1.73 bits per heavy atom. The van der Waals surface area contributed by atoms with Crippen molar-refractivity contribution in [3.63, 3.8) is 0 Å². The first-order chi connectivity index (χ1) is 14.7. The maximum absolute atomic E-state index is 10.8. The minimum absolute atomic E-state index is 0.0559. The Bertz CT molecular complexity index is 739. The third-order valence-electron chi connectivity index (χ3n) is 4.19. The molecule has 0 radical (unpaired) electrons. The van der Waals surface area contributed by atoms with Crippen molar-refractivity contribution >= 4 is 5.97 Å². The molecule has 1 heterocycles. The SMILES string of the molecule is O=C(O)CCOC1COc2ccccc2OCCOCCOc2ccccc2OC1. The van der Waals surface area contributed by atoms with Gasteiger partial charge in [0.15, 0.2) is 23.0 Å². The lowest BCUT2D eigenvalue weighted by molar-refractivity contribution is -0.139. The highest BCUT2D eigenvalue weighted by atomic mass is 16.6. The molecule has 0 unspecified atom stereocenters. The second-order valence-corrected chi connectivity index (χ2v) is 6.46. The largest absolute Gasteiger partial charge is 0.487 e. The van der Waals surface area contributed by atoms with Crippen molar-refractivity contribution in [3.05, 3.63) is 48.5 Å². The first kappa shape index (κ1) is 21.7. The summed E-state index contributed by atoms with van der Waals surface area (Å²) in [5, 5.41) is 8.88. The Labute approximate surface area is 175 Å². The van der Waals surface area contributed by atoms with Crippen molar-refractivity contribution in [2.45, 2.75) is 12.5 Å². The molecule has 0 amide bonds. The predicted octanol–water partition coefficient (Wildman–Crippen LogP) is 2.79. The number of carbonyl (C=O) groups is 1. The Kier molecular flexibility index (Phi) is 8.62. The van der Waals surface area contributed by atoms with Gasteiger partial charge in [-0.25, -0.2) is 0 Å². The first-order valence-electron chi connectivity index (χ1n) is 9.83. The van der Waals surface area contributed by atoms with E-state index in [4.69, 9.17) is 33.5 Å². The van der Waals surface area contributed by atoms with Crippen LogP contribution in [0.3, 0.4) is 0 Å². The van der Waals surface area contributed by atoms with E-state index in [2.05, 4.69) is 0 Å². The van der Waals surface area contributed by atoms with E-state index in [1.807, 2.05) is 36.4 Å². The average molecular weight is 418 g/mol. The quantitative estimate of drug-likeness (QED) is 0.810. The van der Waals surface area contributed by atoms with E-state index < -0.39 is 12.1 Å². The maximum Gasteiger partial charge on any atom is 0.305 e. The fourth-order valence-corrected chi connectivity index (χ4v) is 2.72. The van der Waals surface area contributed by atoms with Crippen LogP contribution < -0.4 is 18.9 Å². The Balaban J connectivity index is 1.72. The molecule has 30 heavy (non-hydrogen) atoms. The smallest absolute Gasteiger partial charge is 0.305 e. The molecule has 1 N–H and O–H groups in total. The summed E-state index contributed by atoms with van der Waals surface area (Å²) in [4.78, 5) is 10.8. The lowest BCUT2D eigenvalue weighted by Crippen LogP contribution is -2.30. The molecule has 1 aliphatic rings. The zero-order chi connectivity index (χ0) is 21.0. The molecule has 2 aromatic carbocycles. The summed E-state index contributed by atoms with van der Waals surface area (Å²) < 4.78 is 34.5. The van der Waals surface area contributed by atoms with Gasteiger partial charge in [0, 0.05) is 0 Å². The molecule has 0 bridgehead atoms. The van der Waals surface area contributed by atoms with E-state index in [1.54, 1.807) is 12.1 Å². The zero-order valence-corrected chi connectivity index (χ0v) is 16.7. The zero-order valence-electron chi connectivity index (χ0n) is 16.7. The van der Waals surface area contributed by atoms with Gasteiger partial charge in [-0.15, -0.1) is 0 Å². The van der Waals surface area contributed by atoms with Crippen LogP contribution >= 0.6 is 0 Å². The summed E-state index contributed by atoms with van der Waals surface area (Å²) in [7, 11) is 0. The van der Waals surface area contributed by atoms with Crippen molar-refractivity contribution in [1.82, 2.24) is 0 Å². The van der Waals surface area contributed by atoms with Crippen LogP contribution in [0.25, 0.3) is 0 Å². The van der Waals surface area contributed by atoms with Gasteiger partial charge in [-0.05, 0) is 24.3 Å². The fraction of sp³-hybridized carbons (Fsp3) is 0.409. The lowest BCUT2D eigenvalue weighted by Gasteiger charge is -2.21. The second kappa shape index (κ2) is 11.9. The highest BCUT2D eigenvalue weighted by molar-refractivity contribution is 5.66. The monoisotopic (exact) mass is 418 g/mol. The molecule has 8 heteroatoms. The number of carboxylic acids is 1. The number of hydrogen-bond acceptors (Lipinski definition) is 7. The summed E-state index contributed by atoms with van der Waals surface area (Å²) in [5.74, 6) is 1.41. The van der Waals surface area contributed by atoms with E-state index in [9.17, 15) is 4.79 Å². The molecule has 0 fully saturated rings. The minimum Gasteiger partial charge on any atom is -0.487 e. The van der Waals surface area contributed by atoms with Gasteiger partial charge in [-0.3, -0.25) is 4.79 Å². The number of rotatable bonds is 4. The van der Waals surface area contributed by atoms with Crippen molar-refractivity contribution in [2.75, 3.05) is 46.2 Å². The summed E-state index contributed by atoms with van der Waals surface area (Å²) in [6, 6.07) is 14.6. The molecule has 0 atom stereocenters. The van der Waals surface area contributed by atoms with Crippen LogP contribution in [0.4, 0.5) is 0 Å². The van der Waals surface area contributed by atoms with Gasteiger partial charge >= 0.3 is 5.97 Å². The molecule has 0 aliphatic carbocycles. The van der Waals surface area contributed by atoms with E-state index in [0.717, 1.165) is 0 Å². The molecular weight excluding hydrogens is 392 g/mol. The van der Waals surface area contributed by atoms with Gasteiger partial charge in [-0.1, -0.05) is 24.3 Å². The highest BCUT2D eigenvalue weighted by Gasteiger charge is 2.16. The van der Waals surface area contributed by atoms with E-state index in [-0.39, 0.29) is 26.2 Å². The molecule has 2 aromatic rings. The number of ether oxygens (including phenoxy) is 6. The summed E-state index contributed by atoms with van der Waals surface area (Å²) >= 11 is 0. The fourth-order valence-electron chi connectivity index (χ4n) is 2.72. The van der Waals surface area contributed by atoms with Gasteiger partial charge < -0.3 is 33.5 Å². The third-order valence-corrected chi connectivity index (χ3v) is 4.19. The lowest BCUT2D eigenvalue weighted by atomic mass is 10.3. The molecule has 1 aliphatic heterocycles. The summed E-state index contributed by atoms with van der Waals surface area (Å²) in [6.45, 7) is 1.96. The molecule has 0 saturated heterocycles. The number of hydrogen-bond donors (Lipinski definition) is 1. The molecular formula is C22H26O8. The highest BCUT2D eigenvalue weighted by Crippen LogP contribution is 2.28. The molecule has 0 saturated carbocycles. The number of carboxylic acid groups (broad SMARTS) is 1. The van der Waals surface area contributed by atoms with Crippen LogP contribution in [0.5, 0.6) is 23.0 Å². The molecule has 162 valence electrons. The summed E-state index contributed by atoms with van der Waals surface area (Å²) in [5.41, 5.74) is 0. The van der Waals surface area contributed by atoms with Gasteiger partial charge in [0.25, 0.3) is 0 Å². The molecule has 3 rings (SSSR count). The third kappa shape index (κ3) is 7.13. The van der Waals surface area contributed by atoms with Crippen LogP contribution in [0, 0.1) is 0 Å². The normalized spacial score (nSPS) is 16.0. The van der Waals surface area contributed by atoms with Crippen LogP contribution in [0.2, 0.25) is 0 Å². The topological polar surface area (TPSA) is 92.7 Å². The molecule has 8 nitrogen and oxygen atoms in total.